The van der Waals surface area contributed by atoms with Gasteiger partial charge in [-0.1, -0.05) is 75.6 Å². The largest absolute Gasteiger partial charge is 0.456 e. The third-order valence-electron chi connectivity index (χ3n) is 7.14. The minimum atomic E-state index is -0.598. The maximum absolute atomic E-state index is 13.4. The van der Waals surface area contributed by atoms with Crippen molar-refractivity contribution in [2.75, 3.05) is 6.67 Å². The van der Waals surface area contributed by atoms with E-state index in [0.29, 0.717) is 36.1 Å². The molecule has 10 heteroatoms. The van der Waals surface area contributed by atoms with Crippen LogP contribution in [0.25, 0.3) is 11.3 Å². The smallest absolute Gasteiger partial charge is 0.338 e. The van der Waals surface area contributed by atoms with Crippen molar-refractivity contribution in [1.82, 2.24) is 15.7 Å². The molecule has 0 bridgehead atoms. The Bertz CT molecular complexity index is 1380. The fourth-order valence-corrected chi connectivity index (χ4v) is 4.83. The number of amides is 3. The van der Waals surface area contributed by atoms with E-state index in [9.17, 15) is 19.2 Å². The molecule has 2 N–H and O–H groups in total. The van der Waals surface area contributed by atoms with Gasteiger partial charge in [0.1, 0.15) is 18.0 Å². The molecule has 10 nitrogen and oxygen atoms in total. The highest BCUT2D eigenvalue weighted by Gasteiger charge is 2.32. The van der Waals surface area contributed by atoms with E-state index >= 15 is 0 Å². The van der Waals surface area contributed by atoms with E-state index in [2.05, 4.69) is 17.6 Å². The first-order chi connectivity index (χ1) is 21.6. The van der Waals surface area contributed by atoms with Gasteiger partial charge in [0.25, 0.3) is 5.91 Å². The molecule has 0 spiro atoms. The zero-order valence-electron chi connectivity index (χ0n) is 26.8. The van der Waals surface area contributed by atoms with Gasteiger partial charge in [-0.25, -0.2) is 9.86 Å². The van der Waals surface area contributed by atoms with Crippen molar-refractivity contribution in [3.05, 3.63) is 83.6 Å². The van der Waals surface area contributed by atoms with Crippen molar-refractivity contribution in [3.63, 3.8) is 0 Å². The molecular formula is C35H45N3O7. The molecule has 0 aliphatic rings. The molecule has 1 aromatic heterocycles. The molecule has 0 radical (unpaired) electrons. The van der Waals surface area contributed by atoms with Crippen LogP contribution in [0.5, 0.6) is 0 Å². The second-order valence-corrected chi connectivity index (χ2v) is 11.8. The minimum Gasteiger partial charge on any atom is -0.456 e. The zero-order chi connectivity index (χ0) is 32.8. The van der Waals surface area contributed by atoms with Crippen LogP contribution in [0.4, 0.5) is 0 Å². The van der Waals surface area contributed by atoms with Gasteiger partial charge in [0, 0.05) is 5.56 Å². The molecule has 0 fully saturated rings. The number of carbonyl (C=O) groups excluding carboxylic acids is 4. The highest BCUT2D eigenvalue weighted by atomic mass is 16.7. The predicted molar refractivity (Wildman–Crippen MR) is 171 cm³/mol. The fourth-order valence-electron chi connectivity index (χ4n) is 4.83. The molecule has 242 valence electrons. The first kappa shape index (κ1) is 35.0. The van der Waals surface area contributed by atoms with Crippen LogP contribution in [0, 0.1) is 5.92 Å². The summed E-state index contributed by atoms with van der Waals surface area (Å²) in [5.74, 6) is -1.21. The van der Waals surface area contributed by atoms with Gasteiger partial charge < -0.3 is 19.8 Å². The number of nitrogens with zero attached hydrogens (tertiary/aromatic N) is 1. The quantitative estimate of drug-likeness (QED) is 0.0599. The van der Waals surface area contributed by atoms with Gasteiger partial charge in [0.2, 0.25) is 12.3 Å². The summed E-state index contributed by atoms with van der Waals surface area (Å²) in [7, 11) is 0. The van der Waals surface area contributed by atoms with E-state index in [1.165, 1.54) is 5.06 Å². The maximum Gasteiger partial charge on any atom is 0.338 e. The van der Waals surface area contributed by atoms with E-state index in [1.807, 2.05) is 37.3 Å². The fraction of sp³-hybridized carbons (Fsp3) is 0.429. The summed E-state index contributed by atoms with van der Waals surface area (Å²) in [6.45, 7) is 9.49. The van der Waals surface area contributed by atoms with Crippen molar-refractivity contribution in [3.8, 4) is 11.3 Å². The van der Waals surface area contributed by atoms with Gasteiger partial charge in [-0.2, -0.15) is 0 Å². The molecule has 3 aromatic rings. The first-order valence-electron chi connectivity index (χ1n) is 15.5. The summed E-state index contributed by atoms with van der Waals surface area (Å²) in [5.41, 5.74) is 1.40. The predicted octanol–water partition coefficient (Wildman–Crippen LogP) is 6.27. The van der Waals surface area contributed by atoms with Crippen LogP contribution in [0.2, 0.25) is 0 Å². The molecule has 2 atom stereocenters. The average Bonchev–Trinajstić information content (AvgIpc) is 3.52. The third-order valence-corrected chi connectivity index (χ3v) is 7.14. The molecule has 1 heterocycles. The van der Waals surface area contributed by atoms with Crippen molar-refractivity contribution >= 4 is 24.2 Å². The topological polar surface area (TPSA) is 127 Å². The van der Waals surface area contributed by atoms with Crippen LogP contribution < -0.4 is 10.6 Å². The van der Waals surface area contributed by atoms with Gasteiger partial charge in [0.15, 0.2) is 5.76 Å². The number of ether oxygens (including phenoxy) is 1. The van der Waals surface area contributed by atoms with Crippen molar-refractivity contribution in [1.29, 1.82) is 0 Å². The van der Waals surface area contributed by atoms with E-state index < -0.39 is 29.4 Å². The second kappa shape index (κ2) is 17.2. The summed E-state index contributed by atoms with van der Waals surface area (Å²) in [5, 5.41) is 6.71. The number of unbranched alkanes of at least 4 members (excludes halogenated alkanes) is 2. The molecule has 3 amide bonds. The Balaban J connectivity index is 1.59. The van der Waals surface area contributed by atoms with Crippen molar-refractivity contribution < 1.29 is 33.2 Å². The maximum atomic E-state index is 13.4. The van der Waals surface area contributed by atoms with Gasteiger partial charge >= 0.3 is 5.97 Å². The Labute approximate surface area is 265 Å². The molecule has 3 rings (SSSR count). The van der Waals surface area contributed by atoms with Crippen molar-refractivity contribution in [2.45, 2.75) is 85.0 Å². The summed E-state index contributed by atoms with van der Waals surface area (Å²) < 4.78 is 11.1. The molecule has 0 aliphatic heterocycles. The van der Waals surface area contributed by atoms with Crippen LogP contribution in [0.15, 0.2) is 71.1 Å². The van der Waals surface area contributed by atoms with Crippen molar-refractivity contribution in [2.24, 2.45) is 5.92 Å². The average molecular weight is 620 g/mol. The van der Waals surface area contributed by atoms with E-state index in [4.69, 9.17) is 14.0 Å². The van der Waals surface area contributed by atoms with Gasteiger partial charge in [-0.15, -0.1) is 0 Å². The number of carbonyl (C=O) groups is 4. The van der Waals surface area contributed by atoms with E-state index in [0.717, 1.165) is 24.8 Å². The number of hydrogen-bond acceptors (Lipinski definition) is 7. The van der Waals surface area contributed by atoms with Crippen LogP contribution in [-0.4, -0.2) is 47.6 Å². The summed E-state index contributed by atoms with van der Waals surface area (Å²) in [6.07, 6.45) is 4.46. The highest BCUT2D eigenvalue weighted by Crippen LogP contribution is 2.24. The molecule has 45 heavy (non-hydrogen) atoms. The number of nitrogens with one attached hydrogen (secondary N) is 2. The number of rotatable bonds is 17. The van der Waals surface area contributed by atoms with Crippen LogP contribution in [-0.2, 0) is 25.8 Å². The number of benzene rings is 2. The molecule has 2 aromatic carbocycles. The SMILES string of the molecule is CCCCC[C@@H](C(=O)NCNC(=O)c1ccc(-c2ccc(C(=O)OC(C)(C)C)cc2)o1)[C@@H](CC)N(C=O)OCc1ccccc1. The first-order valence-corrected chi connectivity index (χ1v) is 15.5. The summed E-state index contributed by atoms with van der Waals surface area (Å²) in [4.78, 5) is 56.3. The lowest BCUT2D eigenvalue weighted by Gasteiger charge is -2.32. The molecular weight excluding hydrogens is 574 g/mol. The third kappa shape index (κ3) is 10.9. The lowest BCUT2D eigenvalue weighted by atomic mass is 9.90. The Morgan fingerprint density at radius 3 is 2.27 bits per heavy atom. The van der Waals surface area contributed by atoms with Crippen LogP contribution >= 0.6 is 0 Å². The van der Waals surface area contributed by atoms with Crippen LogP contribution in [0.3, 0.4) is 0 Å². The number of hydroxylamine groups is 2. The lowest BCUT2D eigenvalue weighted by Crippen LogP contribution is -2.48. The summed E-state index contributed by atoms with van der Waals surface area (Å²) >= 11 is 0. The Morgan fingerprint density at radius 1 is 0.933 bits per heavy atom. The monoisotopic (exact) mass is 619 g/mol. The minimum absolute atomic E-state index is 0.0721. The van der Waals surface area contributed by atoms with Gasteiger partial charge in [0.05, 0.1) is 24.2 Å². The Hall–Kier alpha value is -4.44. The number of furan rings is 1. The molecule has 0 aliphatic carbocycles. The highest BCUT2D eigenvalue weighted by molar-refractivity contribution is 5.93. The lowest BCUT2D eigenvalue weighted by molar-refractivity contribution is -0.200. The zero-order valence-corrected chi connectivity index (χ0v) is 26.8. The second-order valence-electron chi connectivity index (χ2n) is 11.8. The normalized spacial score (nSPS) is 12.6. The van der Waals surface area contributed by atoms with E-state index in [1.54, 1.807) is 57.2 Å². The number of hydrogen-bond donors (Lipinski definition) is 2. The molecule has 0 unspecified atom stereocenters. The Kier molecular flexibility index (Phi) is 13.4. The molecule has 0 saturated heterocycles. The van der Waals surface area contributed by atoms with Crippen LogP contribution in [0.1, 0.15) is 93.2 Å². The standard InChI is InChI=1S/C35H45N3O7/c1-6-8-10-15-28(29(7-2)38(24-39)43-22-25-13-11-9-12-14-25)32(40)36-23-37-33(41)31-21-20-30(44-31)26-16-18-27(19-17-26)34(42)45-35(3,4)5/h9,11-14,16-21,24,28-29H,6-8,10,15,22-23H2,1-5H3,(H,36,40)(H,37,41)/t28-,29-/m1/s1. The molecule has 0 saturated carbocycles. The van der Waals surface area contributed by atoms with Gasteiger partial charge in [-0.3, -0.25) is 19.2 Å². The number of esters is 1. The van der Waals surface area contributed by atoms with E-state index in [-0.39, 0.29) is 24.9 Å². The Morgan fingerprint density at radius 2 is 1.64 bits per heavy atom. The van der Waals surface area contributed by atoms with Gasteiger partial charge in [-0.05, 0) is 63.4 Å². The summed E-state index contributed by atoms with van der Waals surface area (Å²) in [6, 6.07) is 18.9.